The summed E-state index contributed by atoms with van der Waals surface area (Å²) < 4.78 is 41.8. The van der Waals surface area contributed by atoms with Crippen molar-refractivity contribution < 1.29 is 18.0 Å². The summed E-state index contributed by atoms with van der Waals surface area (Å²) in [5.41, 5.74) is 1.73. The predicted octanol–water partition coefficient (Wildman–Crippen LogP) is 4.09. The van der Waals surface area contributed by atoms with E-state index in [4.69, 9.17) is 0 Å². The number of alkyl halides is 3. The largest absolute Gasteiger partial charge is 0.416 e. The van der Waals surface area contributed by atoms with Gasteiger partial charge in [0.1, 0.15) is 5.69 Å². The van der Waals surface area contributed by atoms with Crippen molar-refractivity contribution in [1.82, 2.24) is 24.6 Å². The molecule has 0 unspecified atom stereocenters. The molecule has 1 amide bonds. The monoisotopic (exact) mass is 419 g/mol. The molecule has 3 aromatic rings. The number of halogens is 3. The highest BCUT2D eigenvalue weighted by Gasteiger charge is 2.46. The van der Waals surface area contributed by atoms with E-state index in [1.807, 2.05) is 9.95 Å². The van der Waals surface area contributed by atoms with Crippen molar-refractivity contribution in [1.29, 1.82) is 0 Å². The van der Waals surface area contributed by atoms with E-state index >= 15 is 0 Å². The van der Waals surface area contributed by atoms with Gasteiger partial charge in [-0.05, 0) is 37.5 Å². The minimum atomic E-state index is -4.50. The van der Waals surface area contributed by atoms with Crippen molar-refractivity contribution in [3.63, 3.8) is 0 Å². The fourth-order valence-corrected chi connectivity index (χ4v) is 4.93. The second-order valence-electron chi connectivity index (χ2n) is 7.30. The summed E-state index contributed by atoms with van der Waals surface area (Å²) in [6, 6.07) is 3.36. The highest BCUT2D eigenvalue weighted by atomic mass is 32.1. The van der Waals surface area contributed by atoms with Gasteiger partial charge < -0.3 is 9.47 Å². The average Bonchev–Trinajstić information content (AvgIpc) is 3.39. The number of rotatable bonds is 2. The molecule has 2 bridgehead atoms. The Morgan fingerprint density at radius 2 is 2.07 bits per heavy atom. The van der Waals surface area contributed by atoms with Gasteiger partial charge >= 0.3 is 6.18 Å². The van der Waals surface area contributed by atoms with Crippen molar-refractivity contribution in [2.24, 2.45) is 0 Å². The number of carbonyl (C=O) groups excluding carboxylic acids is 1. The van der Waals surface area contributed by atoms with Gasteiger partial charge in [-0.15, -0.1) is 21.5 Å². The van der Waals surface area contributed by atoms with E-state index < -0.39 is 11.7 Å². The van der Waals surface area contributed by atoms with Gasteiger partial charge in [0.05, 0.1) is 23.2 Å². The third-order valence-corrected chi connectivity index (χ3v) is 6.33. The van der Waals surface area contributed by atoms with Gasteiger partial charge in [0.2, 0.25) is 0 Å². The summed E-state index contributed by atoms with van der Waals surface area (Å²) in [6.07, 6.45) is -3.01. The van der Waals surface area contributed by atoms with E-state index in [0.29, 0.717) is 24.6 Å². The smallest absolute Gasteiger partial charge is 0.324 e. The lowest BCUT2D eigenvalue weighted by Gasteiger charge is -2.35. The Hall–Kier alpha value is -2.75. The van der Waals surface area contributed by atoms with Crippen molar-refractivity contribution in [2.45, 2.75) is 44.6 Å². The Morgan fingerprint density at radius 3 is 2.79 bits per heavy atom. The van der Waals surface area contributed by atoms with Crippen LogP contribution in [0.15, 0.2) is 29.1 Å². The maximum absolute atomic E-state index is 13.3. The number of aromatic nitrogens is 4. The zero-order valence-electron chi connectivity index (χ0n) is 15.3. The Balaban J connectivity index is 1.53. The standard InChI is InChI=1S/C19H16F3N5OS/c1-10-12(3-2-4-13(10)19(20,21)22)18(28)27-11-5-6-15(27)17-25-24-16(26(17)7-11)14-8-29-9-23-14/h2-4,8-9,11,15H,5-7H2,1H3/t11-,15-/m1/s1. The quantitative estimate of drug-likeness (QED) is 0.628. The summed E-state index contributed by atoms with van der Waals surface area (Å²) in [5, 5.41) is 10.5. The minimum absolute atomic E-state index is 0.0420. The van der Waals surface area contributed by atoms with E-state index in [9.17, 15) is 18.0 Å². The molecule has 0 spiro atoms. The highest BCUT2D eigenvalue weighted by molar-refractivity contribution is 7.07. The molecule has 2 aliphatic heterocycles. The van der Waals surface area contributed by atoms with Gasteiger partial charge in [0.25, 0.3) is 5.91 Å². The second kappa shape index (κ2) is 6.38. The molecule has 150 valence electrons. The Kier molecular flexibility index (Phi) is 4.02. The summed E-state index contributed by atoms with van der Waals surface area (Å²) in [6.45, 7) is 1.86. The van der Waals surface area contributed by atoms with Crippen LogP contribution in [0.5, 0.6) is 0 Å². The van der Waals surface area contributed by atoms with E-state index in [-0.39, 0.29) is 29.1 Å². The van der Waals surface area contributed by atoms with Gasteiger partial charge in [0, 0.05) is 17.5 Å². The predicted molar refractivity (Wildman–Crippen MR) is 99.2 cm³/mol. The first kappa shape index (κ1) is 18.3. The minimum Gasteiger partial charge on any atom is -0.324 e. The molecule has 10 heteroatoms. The van der Waals surface area contributed by atoms with Crippen LogP contribution in [0.25, 0.3) is 11.5 Å². The number of fused-ring (bicyclic) bond motifs is 4. The number of thiazole rings is 1. The third kappa shape index (κ3) is 2.77. The summed E-state index contributed by atoms with van der Waals surface area (Å²) in [7, 11) is 0. The van der Waals surface area contributed by atoms with Crippen LogP contribution in [-0.4, -0.2) is 36.6 Å². The molecule has 1 saturated heterocycles. The maximum atomic E-state index is 13.3. The molecule has 2 aliphatic rings. The molecular formula is C19H16F3N5OS. The number of carbonyl (C=O) groups is 1. The molecule has 0 radical (unpaired) electrons. The molecule has 0 aliphatic carbocycles. The average molecular weight is 419 g/mol. The van der Waals surface area contributed by atoms with Crippen LogP contribution in [0.2, 0.25) is 0 Å². The van der Waals surface area contributed by atoms with Crippen molar-refractivity contribution >= 4 is 17.2 Å². The summed E-state index contributed by atoms with van der Waals surface area (Å²) >= 11 is 1.46. The Morgan fingerprint density at radius 1 is 1.24 bits per heavy atom. The van der Waals surface area contributed by atoms with Crippen molar-refractivity contribution in [3.05, 3.63) is 51.6 Å². The normalized spacial score (nSPS) is 20.8. The zero-order valence-corrected chi connectivity index (χ0v) is 16.2. The number of nitrogens with zero attached hydrogens (tertiary/aromatic N) is 5. The second-order valence-corrected chi connectivity index (χ2v) is 8.02. The molecule has 6 nitrogen and oxygen atoms in total. The SMILES string of the molecule is Cc1c(C(=O)N2[C@@H]3CC[C@@H]2c2nnc(-c4cscn4)n2C3)cccc1C(F)(F)F. The maximum Gasteiger partial charge on any atom is 0.416 e. The molecule has 4 heterocycles. The molecule has 1 aromatic carbocycles. The Labute approximate surface area is 168 Å². The molecule has 2 atom stereocenters. The van der Waals surface area contributed by atoms with Crippen LogP contribution < -0.4 is 0 Å². The molecule has 0 saturated carbocycles. The number of benzene rings is 1. The first-order valence-electron chi connectivity index (χ1n) is 9.17. The topological polar surface area (TPSA) is 63.9 Å². The lowest BCUT2D eigenvalue weighted by atomic mass is 10.00. The lowest BCUT2D eigenvalue weighted by Crippen LogP contribution is -2.44. The Bertz CT molecular complexity index is 1090. The molecule has 0 N–H and O–H groups in total. The first-order valence-corrected chi connectivity index (χ1v) is 10.1. The summed E-state index contributed by atoms with van der Waals surface area (Å²) in [5.74, 6) is 0.950. The van der Waals surface area contributed by atoms with E-state index in [0.717, 1.165) is 18.2 Å². The lowest BCUT2D eigenvalue weighted by molar-refractivity contribution is -0.138. The summed E-state index contributed by atoms with van der Waals surface area (Å²) in [4.78, 5) is 19.3. The van der Waals surface area contributed by atoms with Crippen LogP contribution in [0.3, 0.4) is 0 Å². The molecule has 2 aromatic heterocycles. The van der Waals surface area contributed by atoms with E-state index in [2.05, 4.69) is 15.2 Å². The number of amides is 1. The zero-order chi connectivity index (χ0) is 20.3. The number of hydrogen-bond donors (Lipinski definition) is 0. The highest BCUT2D eigenvalue weighted by Crippen LogP contribution is 2.43. The van der Waals surface area contributed by atoms with Gasteiger partial charge in [-0.1, -0.05) is 6.07 Å². The van der Waals surface area contributed by atoms with Gasteiger partial charge in [-0.2, -0.15) is 13.2 Å². The molecule has 1 fully saturated rings. The first-order chi connectivity index (χ1) is 13.9. The van der Waals surface area contributed by atoms with E-state index in [1.165, 1.54) is 30.4 Å². The fourth-order valence-electron chi connectivity index (χ4n) is 4.40. The third-order valence-electron chi connectivity index (χ3n) is 5.74. The number of hydrogen-bond acceptors (Lipinski definition) is 5. The molecule has 29 heavy (non-hydrogen) atoms. The van der Waals surface area contributed by atoms with Crippen molar-refractivity contribution in [3.8, 4) is 11.5 Å². The van der Waals surface area contributed by atoms with Crippen LogP contribution in [0, 0.1) is 6.92 Å². The fraction of sp³-hybridized carbons (Fsp3) is 0.368. The molecular weight excluding hydrogens is 403 g/mol. The van der Waals surface area contributed by atoms with Crippen LogP contribution >= 0.6 is 11.3 Å². The van der Waals surface area contributed by atoms with Crippen LogP contribution in [0.1, 0.15) is 46.2 Å². The van der Waals surface area contributed by atoms with Crippen LogP contribution in [0.4, 0.5) is 13.2 Å². The van der Waals surface area contributed by atoms with Gasteiger partial charge in [-0.3, -0.25) is 4.79 Å². The van der Waals surface area contributed by atoms with Crippen LogP contribution in [-0.2, 0) is 12.7 Å². The van der Waals surface area contributed by atoms with Gasteiger partial charge in [0.15, 0.2) is 11.6 Å². The van der Waals surface area contributed by atoms with Gasteiger partial charge in [-0.25, -0.2) is 4.98 Å². The van der Waals surface area contributed by atoms with Crippen molar-refractivity contribution in [2.75, 3.05) is 0 Å². The van der Waals surface area contributed by atoms with E-state index in [1.54, 1.807) is 10.4 Å². The molecule has 5 rings (SSSR count).